The number of hydrogen-bond acceptors (Lipinski definition) is 1. The van der Waals surface area contributed by atoms with Crippen molar-refractivity contribution in [3.05, 3.63) is 35.9 Å². The summed E-state index contributed by atoms with van der Waals surface area (Å²) in [5.41, 5.74) is 1.02. The second kappa shape index (κ2) is 5.95. The van der Waals surface area contributed by atoms with Gasteiger partial charge in [0.15, 0.2) is 0 Å². The first-order valence-electron chi connectivity index (χ1n) is 4.74. The van der Waals surface area contributed by atoms with E-state index in [4.69, 9.17) is 5.11 Å². The van der Waals surface area contributed by atoms with Crippen molar-refractivity contribution < 1.29 is 9.90 Å². The highest BCUT2D eigenvalue weighted by Gasteiger charge is 2.18. The van der Waals surface area contributed by atoms with E-state index in [1.165, 1.54) is 4.90 Å². The third-order valence-corrected chi connectivity index (χ3v) is 3.47. The van der Waals surface area contributed by atoms with Gasteiger partial charge >= 0.3 is 6.09 Å². The average molecular weight is 319 g/mol. The minimum absolute atomic E-state index is 0.0447. The number of halogens is 1. The number of hydrogen-bond donors (Lipinski definition) is 1. The topological polar surface area (TPSA) is 40.5 Å². The lowest BCUT2D eigenvalue weighted by Gasteiger charge is -2.24. The van der Waals surface area contributed by atoms with Crippen LogP contribution in [0.4, 0.5) is 4.79 Å². The second-order valence-electron chi connectivity index (χ2n) is 3.40. The lowest BCUT2D eigenvalue weighted by molar-refractivity contribution is 0.130. The van der Waals surface area contributed by atoms with E-state index in [0.29, 0.717) is 6.54 Å². The maximum absolute atomic E-state index is 11.0. The molecule has 0 aliphatic rings. The molecule has 0 heterocycles. The molecule has 1 aromatic carbocycles. The molecule has 1 rings (SSSR count). The first-order valence-corrected chi connectivity index (χ1v) is 6.27. The molecule has 82 valence electrons. The van der Waals surface area contributed by atoms with Crippen LogP contribution in [0.2, 0.25) is 0 Å². The molecular formula is C11H14INO2. The van der Waals surface area contributed by atoms with Gasteiger partial charge in [-0.05, 0) is 12.5 Å². The van der Waals surface area contributed by atoms with E-state index >= 15 is 0 Å². The molecule has 1 amide bonds. The van der Waals surface area contributed by atoms with Gasteiger partial charge in [-0.2, -0.15) is 0 Å². The molecule has 0 aliphatic carbocycles. The molecule has 1 N–H and O–H groups in total. The highest BCUT2D eigenvalue weighted by Crippen LogP contribution is 2.10. The molecule has 0 bridgehead atoms. The lowest BCUT2D eigenvalue weighted by Crippen LogP contribution is -2.37. The van der Waals surface area contributed by atoms with E-state index in [1.54, 1.807) is 0 Å². The van der Waals surface area contributed by atoms with Gasteiger partial charge in [-0.1, -0.05) is 52.9 Å². The molecule has 1 aromatic rings. The average Bonchev–Trinajstić information content (AvgIpc) is 2.26. The normalized spacial score (nSPS) is 12.1. The fourth-order valence-electron chi connectivity index (χ4n) is 1.28. The smallest absolute Gasteiger partial charge is 0.407 e. The van der Waals surface area contributed by atoms with E-state index < -0.39 is 6.09 Å². The molecule has 0 fully saturated rings. The predicted molar refractivity (Wildman–Crippen MR) is 68.4 cm³/mol. The standard InChI is InChI=1S/C11H14INO2/c1-9(7-12)13(11(14)15)8-10-5-3-2-4-6-10/h2-6,9H,7-8H2,1H3,(H,14,15)/t9-/m1/s1. The van der Waals surface area contributed by atoms with Gasteiger partial charge in [0.1, 0.15) is 0 Å². The van der Waals surface area contributed by atoms with Crippen LogP contribution in [0.5, 0.6) is 0 Å². The van der Waals surface area contributed by atoms with Crippen molar-refractivity contribution in [1.82, 2.24) is 4.90 Å². The van der Waals surface area contributed by atoms with Crippen LogP contribution in [0.25, 0.3) is 0 Å². The van der Waals surface area contributed by atoms with Crippen molar-refractivity contribution in [2.75, 3.05) is 4.43 Å². The van der Waals surface area contributed by atoms with E-state index in [1.807, 2.05) is 37.3 Å². The van der Waals surface area contributed by atoms with Crippen molar-refractivity contribution >= 4 is 28.7 Å². The molecule has 0 spiro atoms. The van der Waals surface area contributed by atoms with Crippen molar-refractivity contribution in [2.24, 2.45) is 0 Å². The van der Waals surface area contributed by atoms with Crippen molar-refractivity contribution in [2.45, 2.75) is 19.5 Å². The van der Waals surface area contributed by atoms with Gasteiger partial charge in [0.05, 0.1) is 0 Å². The Kier molecular flexibility index (Phi) is 4.87. The highest BCUT2D eigenvalue weighted by atomic mass is 127. The SMILES string of the molecule is C[C@H](CI)N(Cc1ccccc1)C(=O)O. The number of amides is 1. The Morgan fingerprint density at radius 1 is 1.47 bits per heavy atom. The van der Waals surface area contributed by atoms with Gasteiger partial charge in [0.2, 0.25) is 0 Å². The van der Waals surface area contributed by atoms with Crippen LogP contribution in [-0.2, 0) is 6.54 Å². The van der Waals surface area contributed by atoms with Gasteiger partial charge < -0.3 is 10.0 Å². The number of rotatable bonds is 4. The summed E-state index contributed by atoms with van der Waals surface area (Å²) in [5.74, 6) is 0. The maximum atomic E-state index is 11.0. The van der Waals surface area contributed by atoms with E-state index in [9.17, 15) is 4.79 Å². The van der Waals surface area contributed by atoms with Crippen LogP contribution in [0.15, 0.2) is 30.3 Å². The number of benzene rings is 1. The zero-order valence-electron chi connectivity index (χ0n) is 8.56. The Bertz CT molecular complexity index is 316. The molecule has 3 nitrogen and oxygen atoms in total. The predicted octanol–water partition coefficient (Wildman–Crippen LogP) is 2.99. The largest absolute Gasteiger partial charge is 0.465 e. The van der Waals surface area contributed by atoms with E-state index in [-0.39, 0.29) is 6.04 Å². The fourth-order valence-corrected chi connectivity index (χ4v) is 1.75. The van der Waals surface area contributed by atoms with Crippen LogP contribution in [-0.4, -0.2) is 26.6 Å². The van der Waals surface area contributed by atoms with Gasteiger partial charge in [-0.15, -0.1) is 0 Å². The number of alkyl halides is 1. The third-order valence-electron chi connectivity index (χ3n) is 2.20. The molecular weight excluding hydrogens is 305 g/mol. The molecule has 0 radical (unpaired) electrons. The first kappa shape index (κ1) is 12.3. The van der Waals surface area contributed by atoms with Crippen molar-refractivity contribution in [1.29, 1.82) is 0 Å². The van der Waals surface area contributed by atoms with E-state index in [2.05, 4.69) is 22.6 Å². The first-order chi connectivity index (χ1) is 7.15. The summed E-state index contributed by atoms with van der Waals surface area (Å²) in [4.78, 5) is 12.5. The molecule has 4 heteroatoms. The van der Waals surface area contributed by atoms with Gasteiger partial charge in [-0.25, -0.2) is 4.79 Å². The van der Waals surface area contributed by atoms with Gasteiger partial charge in [0, 0.05) is 17.0 Å². The van der Waals surface area contributed by atoms with Gasteiger partial charge in [-0.3, -0.25) is 0 Å². The summed E-state index contributed by atoms with van der Waals surface area (Å²) < 4.78 is 0.802. The van der Waals surface area contributed by atoms with Crippen LogP contribution < -0.4 is 0 Å². The Hall–Kier alpha value is -0.780. The Labute approximate surface area is 103 Å². The lowest BCUT2D eigenvalue weighted by atomic mass is 10.2. The van der Waals surface area contributed by atoms with Crippen LogP contribution >= 0.6 is 22.6 Å². The fraction of sp³-hybridized carbons (Fsp3) is 0.364. The zero-order valence-corrected chi connectivity index (χ0v) is 10.7. The van der Waals surface area contributed by atoms with Crippen LogP contribution in [0, 0.1) is 0 Å². The number of nitrogens with zero attached hydrogens (tertiary/aromatic N) is 1. The third kappa shape index (κ3) is 3.70. The Balaban J connectivity index is 2.71. The summed E-state index contributed by atoms with van der Waals surface area (Å²) in [6, 6.07) is 9.69. The van der Waals surface area contributed by atoms with Crippen molar-refractivity contribution in [3.8, 4) is 0 Å². The summed E-state index contributed by atoms with van der Waals surface area (Å²) in [6.07, 6.45) is -0.858. The Morgan fingerprint density at radius 3 is 2.53 bits per heavy atom. The maximum Gasteiger partial charge on any atom is 0.407 e. The highest BCUT2D eigenvalue weighted by molar-refractivity contribution is 14.1. The molecule has 0 saturated carbocycles. The summed E-state index contributed by atoms with van der Waals surface area (Å²) in [6.45, 7) is 2.38. The molecule has 0 aliphatic heterocycles. The molecule has 15 heavy (non-hydrogen) atoms. The van der Waals surface area contributed by atoms with Crippen LogP contribution in [0.3, 0.4) is 0 Å². The van der Waals surface area contributed by atoms with Crippen LogP contribution in [0.1, 0.15) is 12.5 Å². The van der Waals surface area contributed by atoms with Gasteiger partial charge in [0.25, 0.3) is 0 Å². The minimum atomic E-state index is -0.858. The molecule has 0 aromatic heterocycles. The molecule has 0 unspecified atom stereocenters. The molecule has 0 saturated heterocycles. The monoisotopic (exact) mass is 319 g/mol. The molecule has 1 atom stereocenters. The van der Waals surface area contributed by atoms with Crippen molar-refractivity contribution in [3.63, 3.8) is 0 Å². The number of carbonyl (C=O) groups is 1. The summed E-state index contributed by atoms with van der Waals surface area (Å²) in [7, 11) is 0. The quantitative estimate of drug-likeness (QED) is 0.685. The van der Waals surface area contributed by atoms with E-state index in [0.717, 1.165) is 9.99 Å². The second-order valence-corrected chi connectivity index (χ2v) is 4.28. The minimum Gasteiger partial charge on any atom is -0.465 e. The number of carboxylic acid groups (broad SMARTS) is 1. The summed E-state index contributed by atoms with van der Waals surface area (Å²) >= 11 is 2.20. The Morgan fingerprint density at radius 2 is 2.07 bits per heavy atom. The summed E-state index contributed by atoms with van der Waals surface area (Å²) in [5, 5.41) is 9.06. The zero-order chi connectivity index (χ0) is 11.3.